The number of nitrogens with one attached hydrogen (secondary N) is 1. The molecule has 6 nitrogen and oxygen atoms in total. The average Bonchev–Trinajstić information content (AvgIpc) is 2.71. The number of ether oxygens (including phenoxy) is 2. The fraction of sp³-hybridized carbons (Fsp3) is 0.350. The van der Waals surface area contributed by atoms with Gasteiger partial charge in [0.2, 0.25) is 0 Å². The molecule has 7 heteroatoms. The summed E-state index contributed by atoms with van der Waals surface area (Å²) >= 11 is 5.90. The standard InChI is InChI=1S/C20H23ClN2O4/c1-26-16-5-2-14(3-6-16)18(23-8-10-27-11-9-23)13-22-20(25)15-4-7-19(24)17(21)12-15/h2-7,12,18,24H,8-11,13H2,1H3,(H,22,25). The molecule has 0 radical (unpaired) electrons. The van der Waals surface area contributed by atoms with Gasteiger partial charge < -0.3 is 19.9 Å². The van der Waals surface area contributed by atoms with Crippen molar-refractivity contribution in [3.63, 3.8) is 0 Å². The van der Waals surface area contributed by atoms with Gasteiger partial charge in [-0.2, -0.15) is 0 Å². The van der Waals surface area contributed by atoms with Crippen LogP contribution >= 0.6 is 11.6 Å². The fourth-order valence-electron chi connectivity index (χ4n) is 3.11. The highest BCUT2D eigenvalue weighted by Crippen LogP contribution is 2.25. The third-order valence-electron chi connectivity index (χ3n) is 4.65. The van der Waals surface area contributed by atoms with Gasteiger partial charge in [-0.05, 0) is 35.9 Å². The van der Waals surface area contributed by atoms with Crippen molar-refractivity contribution in [2.75, 3.05) is 40.0 Å². The number of nitrogens with zero attached hydrogens (tertiary/aromatic N) is 1. The van der Waals surface area contributed by atoms with E-state index in [1.165, 1.54) is 12.1 Å². The second kappa shape index (κ2) is 9.08. The molecule has 1 amide bonds. The highest BCUT2D eigenvalue weighted by molar-refractivity contribution is 6.32. The van der Waals surface area contributed by atoms with Crippen molar-refractivity contribution in [2.45, 2.75) is 6.04 Å². The summed E-state index contributed by atoms with van der Waals surface area (Å²) in [4.78, 5) is 14.8. The van der Waals surface area contributed by atoms with E-state index in [4.69, 9.17) is 21.1 Å². The quantitative estimate of drug-likeness (QED) is 0.793. The van der Waals surface area contributed by atoms with E-state index in [1.54, 1.807) is 13.2 Å². The lowest BCUT2D eigenvalue weighted by Crippen LogP contribution is -2.43. The lowest BCUT2D eigenvalue weighted by Gasteiger charge is -2.35. The maximum atomic E-state index is 12.5. The maximum Gasteiger partial charge on any atom is 0.251 e. The molecule has 1 fully saturated rings. The van der Waals surface area contributed by atoms with Gasteiger partial charge >= 0.3 is 0 Å². The predicted molar refractivity (Wildman–Crippen MR) is 104 cm³/mol. The minimum absolute atomic E-state index is 0.0244. The first kappa shape index (κ1) is 19.5. The van der Waals surface area contributed by atoms with Crippen molar-refractivity contribution in [3.05, 3.63) is 58.6 Å². The zero-order valence-corrected chi connectivity index (χ0v) is 15.9. The Morgan fingerprint density at radius 2 is 1.96 bits per heavy atom. The van der Waals surface area contributed by atoms with Crippen LogP contribution in [0, 0.1) is 0 Å². The van der Waals surface area contributed by atoms with E-state index in [9.17, 15) is 9.90 Å². The number of methoxy groups -OCH3 is 1. The summed E-state index contributed by atoms with van der Waals surface area (Å²) in [5, 5.41) is 12.6. The molecule has 2 N–H and O–H groups in total. The van der Waals surface area contributed by atoms with Gasteiger partial charge in [0.25, 0.3) is 5.91 Å². The van der Waals surface area contributed by atoms with Gasteiger partial charge in [0.15, 0.2) is 0 Å². The number of rotatable bonds is 6. The van der Waals surface area contributed by atoms with E-state index in [1.807, 2.05) is 24.3 Å². The molecule has 1 aliphatic heterocycles. The van der Waals surface area contributed by atoms with Crippen molar-refractivity contribution in [1.29, 1.82) is 0 Å². The Morgan fingerprint density at radius 3 is 2.59 bits per heavy atom. The smallest absolute Gasteiger partial charge is 0.251 e. The Balaban J connectivity index is 1.73. The van der Waals surface area contributed by atoms with Gasteiger partial charge in [0.05, 0.1) is 31.4 Å². The number of amides is 1. The average molecular weight is 391 g/mol. The number of halogens is 1. The molecule has 1 aliphatic rings. The number of phenolic OH excluding ortho intramolecular Hbond substituents is 1. The first-order chi connectivity index (χ1) is 13.1. The summed E-state index contributed by atoms with van der Waals surface area (Å²) < 4.78 is 10.7. The van der Waals surface area contributed by atoms with Gasteiger partial charge in [-0.3, -0.25) is 9.69 Å². The second-order valence-electron chi connectivity index (χ2n) is 6.31. The number of aromatic hydroxyl groups is 1. The first-order valence-corrected chi connectivity index (χ1v) is 9.18. The summed E-state index contributed by atoms with van der Waals surface area (Å²) in [5.74, 6) is 0.517. The zero-order chi connectivity index (χ0) is 19.2. The normalized spacial score (nSPS) is 15.9. The van der Waals surface area contributed by atoms with E-state index >= 15 is 0 Å². The van der Waals surface area contributed by atoms with Crippen molar-refractivity contribution < 1.29 is 19.4 Å². The largest absolute Gasteiger partial charge is 0.506 e. The van der Waals surface area contributed by atoms with Crippen LogP contribution in [0.2, 0.25) is 5.02 Å². The molecule has 1 saturated heterocycles. The molecular formula is C20H23ClN2O4. The van der Waals surface area contributed by atoms with Crippen LogP contribution in [-0.2, 0) is 4.74 Å². The molecule has 1 unspecified atom stereocenters. The Kier molecular flexibility index (Phi) is 6.55. The fourth-order valence-corrected chi connectivity index (χ4v) is 3.29. The van der Waals surface area contributed by atoms with E-state index in [-0.39, 0.29) is 22.7 Å². The Morgan fingerprint density at radius 1 is 1.26 bits per heavy atom. The summed E-state index contributed by atoms with van der Waals surface area (Å²) in [6.07, 6.45) is 0. The summed E-state index contributed by atoms with van der Waals surface area (Å²) in [6.45, 7) is 3.40. The van der Waals surface area contributed by atoms with Crippen LogP contribution in [-0.4, -0.2) is 55.9 Å². The second-order valence-corrected chi connectivity index (χ2v) is 6.72. The number of benzene rings is 2. The van der Waals surface area contributed by atoms with Crippen molar-refractivity contribution in [3.8, 4) is 11.5 Å². The molecule has 0 aliphatic carbocycles. The van der Waals surface area contributed by atoms with Crippen LogP contribution in [0.3, 0.4) is 0 Å². The van der Waals surface area contributed by atoms with Gasteiger partial charge in [-0.15, -0.1) is 0 Å². The third-order valence-corrected chi connectivity index (χ3v) is 4.96. The van der Waals surface area contributed by atoms with E-state index in [0.717, 1.165) is 24.4 Å². The highest BCUT2D eigenvalue weighted by atomic mass is 35.5. The SMILES string of the molecule is COc1ccc(C(CNC(=O)c2ccc(O)c(Cl)c2)N2CCOCC2)cc1. The molecule has 144 valence electrons. The van der Waals surface area contributed by atoms with E-state index in [0.29, 0.717) is 25.3 Å². The number of carbonyl (C=O) groups excluding carboxylic acids is 1. The summed E-state index contributed by atoms with van der Waals surface area (Å²) in [7, 11) is 1.64. The van der Waals surface area contributed by atoms with Gasteiger partial charge in [-0.25, -0.2) is 0 Å². The summed E-state index contributed by atoms with van der Waals surface area (Å²) in [6, 6.07) is 12.3. The lowest BCUT2D eigenvalue weighted by atomic mass is 10.0. The van der Waals surface area contributed by atoms with Crippen LogP contribution in [0.5, 0.6) is 11.5 Å². The summed E-state index contributed by atoms with van der Waals surface area (Å²) in [5.41, 5.74) is 1.51. The van der Waals surface area contributed by atoms with Gasteiger partial charge in [0, 0.05) is 25.2 Å². The topological polar surface area (TPSA) is 71.0 Å². The van der Waals surface area contributed by atoms with Crippen LogP contribution in [0.25, 0.3) is 0 Å². The molecule has 1 atom stereocenters. The maximum absolute atomic E-state index is 12.5. The molecular weight excluding hydrogens is 368 g/mol. The first-order valence-electron chi connectivity index (χ1n) is 8.81. The Labute approximate surface area is 163 Å². The molecule has 0 aromatic heterocycles. The molecule has 0 bridgehead atoms. The van der Waals surface area contributed by atoms with Crippen LogP contribution < -0.4 is 10.1 Å². The Hall–Kier alpha value is -2.28. The minimum Gasteiger partial charge on any atom is -0.506 e. The van der Waals surface area contributed by atoms with Crippen molar-refractivity contribution in [2.24, 2.45) is 0 Å². The number of phenols is 1. The molecule has 0 saturated carbocycles. The highest BCUT2D eigenvalue weighted by Gasteiger charge is 2.23. The monoisotopic (exact) mass is 390 g/mol. The van der Waals surface area contributed by atoms with Crippen LogP contribution in [0.1, 0.15) is 22.0 Å². The van der Waals surface area contributed by atoms with Gasteiger partial charge in [-0.1, -0.05) is 23.7 Å². The molecule has 27 heavy (non-hydrogen) atoms. The minimum atomic E-state index is -0.233. The zero-order valence-electron chi connectivity index (χ0n) is 15.2. The van der Waals surface area contributed by atoms with Gasteiger partial charge in [0.1, 0.15) is 11.5 Å². The molecule has 3 rings (SSSR count). The molecule has 0 spiro atoms. The van der Waals surface area contributed by atoms with Crippen LogP contribution in [0.15, 0.2) is 42.5 Å². The van der Waals surface area contributed by atoms with Crippen molar-refractivity contribution in [1.82, 2.24) is 10.2 Å². The molecule has 1 heterocycles. The molecule has 2 aromatic carbocycles. The number of carbonyl (C=O) groups is 1. The van der Waals surface area contributed by atoms with E-state index in [2.05, 4.69) is 10.2 Å². The third kappa shape index (κ3) is 4.91. The number of morpholine rings is 1. The van der Waals surface area contributed by atoms with E-state index < -0.39 is 0 Å². The Bertz CT molecular complexity index is 776. The number of hydrogen-bond acceptors (Lipinski definition) is 5. The molecule has 2 aromatic rings. The van der Waals surface area contributed by atoms with Crippen molar-refractivity contribution >= 4 is 17.5 Å². The lowest BCUT2D eigenvalue weighted by molar-refractivity contribution is 0.0162. The van der Waals surface area contributed by atoms with Crippen LogP contribution in [0.4, 0.5) is 0 Å². The number of hydrogen-bond donors (Lipinski definition) is 2. The predicted octanol–water partition coefficient (Wildman–Crippen LogP) is 2.86.